The van der Waals surface area contributed by atoms with Gasteiger partial charge in [-0.25, -0.2) is 8.42 Å². The van der Waals surface area contributed by atoms with Gasteiger partial charge in [0.25, 0.3) is 0 Å². The Hall–Kier alpha value is -1.40. The Labute approximate surface area is 158 Å². The van der Waals surface area contributed by atoms with E-state index in [1.807, 2.05) is 19.1 Å². The molecule has 6 heteroatoms. The molecule has 0 aromatic heterocycles. The lowest BCUT2D eigenvalue weighted by molar-refractivity contribution is -0.121. The topological polar surface area (TPSA) is 66.5 Å². The molecule has 0 unspecified atom stereocenters. The third-order valence-electron chi connectivity index (χ3n) is 4.85. The van der Waals surface area contributed by atoms with Gasteiger partial charge in [-0.2, -0.15) is 4.31 Å². The van der Waals surface area contributed by atoms with Crippen LogP contribution in [-0.4, -0.2) is 37.8 Å². The van der Waals surface area contributed by atoms with Crippen LogP contribution in [0.25, 0.3) is 0 Å². The van der Waals surface area contributed by atoms with Crippen LogP contribution in [0.4, 0.5) is 0 Å². The van der Waals surface area contributed by atoms with Crippen LogP contribution in [0.1, 0.15) is 58.4 Å². The maximum Gasteiger partial charge on any atom is 0.243 e. The van der Waals surface area contributed by atoms with E-state index in [2.05, 4.69) is 19.2 Å². The number of rotatable bonds is 9. The van der Waals surface area contributed by atoms with Crippen molar-refractivity contribution in [2.24, 2.45) is 5.92 Å². The molecule has 26 heavy (non-hydrogen) atoms. The second kappa shape index (κ2) is 9.51. The van der Waals surface area contributed by atoms with Crippen molar-refractivity contribution in [2.45, 2.75) is 70.2 Å². The number of aryl methyl sites for hydroxylation is 1. The number of benzene rings is 1. The summed E-state index contributed by atoms with van der Waals surface area (Å²) in [5.74, 6) is 0.694. The SMILES string of the molecule is CC(C)CC[C@@H](C)NC(=O)CCc1ccc(S(=O)(=O)N2CCCC2)cc1. The summed E-state index contributed by atoms with van der Waals surface area (Å²) in [7, 11) is -3.36. The van der Waals surface area contributed by atoms with E-state index >= 15 is 0 Å². The van der Waals surface area contributed by atoms with E-state index in [9.17, 15) is 13.2 Å². The molecule has 1 fully saturated rings. The summed E-state index contributed by atoms with van der Waals surface area (Å²) in [6.45, 7) is 7.63. The van der Waals surface area contributed by atoms with Gasteiger partial charge >= 0.3 is 0 Å². The molecule has 1 saturated heterocycles. The number of amides is 1. The van der Waals surface area contributed by atoms with Crippen molar-refractivity contribution in [3.8, 4) is 0 Å². The van der Waals surface area contributed by atoms with Gasteiger partial charge in [0.05, 0.1) is 4.90 Å². The number of nitrogens with zero attached hydrogens (tertiary/aromatic N) is 1. The normalized spacial score (nSPS) is 16.8. The fourth-order valence-electron chi connectivity index (χ4n) is 3.17. The summed E-state index contributed by atoms with van der Waals surface area (Å²) in [5, 5.41) is 3.04. The molecule has 0 aliphatic carbocycles. The zero-order chi connectivity index (χ0) is 19.2. The molecule has 1 heterocycles. The lowest BCUT2D eigenvalue weighted by Crippen LogP contribution is -2.32. The summed E-state index contributed by atoms with van der Waals surface area (Å²) in [4.78, 5) is 12.4. The van der Waals surface area contributed by atoms with Gasteiger partial charge < -0.3 is 5.32 Å². The molecule has 0 radical (unpaired) electrons. The molecule has 1 aliphatic heterocycles. The summed E-state index contributed by atoms with van der Waals surface area (Å²) in [5.41, 5.74) is 0.982. The van der Waals surface area contributed by atoms with Crippen LogP contribution in [0.15, 0.2) is 29.2 Å². The molecule has 5 nitrogen and oxygen atoms in total. The van der Waals surface area contributed by atoms with Crippen molar-refractivity contribution in [3.05, 3.63) is 29.8 Å². The van der Waals surface area contributed by atoms with Crippen LogP contribution in [0.2, 0.25) is 0 Å². The van der Waals surface area contributed by atoms with Crippen molar-refractivity contribution >= 4 is 15.9 Å². The van der Waals surface area contributed by atoms with Crippen LogP contribution < -0.4 is 5.32 Å². The average molecular weight is 381 g/mol. The van der Waals surface area contributed by atoms with E-state index in [0.717, 1.165) is 31.2 Å². The molecule has 0 bridgehead atoms. The molecule has 1 N–H and O–H groups in total. The second-order valence-corrected chi connectivity index (χ2v) is 9.63. The number of hydrogen-bond donors (Lipinski definition) is 1. The van der Waals surface area contributed by atoms with Gasteiger partial charge in [-0.15, -0.1) is 0 Å². The lowest BCUT2D eigenvalue weighted by Gasteiger charge is -2.16. The molecule has 0 spiro atoms. The monoisotopic (exact) mass is 380 g/mol. The lowest BCUT2D eigenvalue weighted by atomic mass is 10.0. The third-order valence-corrected chi connectivity index (χ3v) is 6.76. The molecule has 2 rings (SSSR count). The minimum absolute atomic E-state index is 0.0509. The smallest absolute Gasteiger partial charge is 0.243 e. The minimum Gasteiger partial charge on any atom is -0.354 e. The fraction of sp³-hybridized carbons (Fsp3) is 0.650. The van der Waals surface area contributed by atoms with Gasteiger partial charge in [0.2, 0.25) is 15.9 Å². The van der Waals surface area contributed by atoms with E-state index < -0.39 is 10.0 Å². The molecule has 1 aromatic rings. The van der Waals surface area contributed by atoms with Crippen LogP contribution in [0.5, 0.6) is 0 Å². The van der Waals surface area contributed by atoms with Crippen molar-refractivity contribution in [3.63, 3.8) is 0 Å². The second-order valence-electron chi connectivity index (χ2n) is 7.69. The highest BCUT2D eigenvalue weighted by Gasteiger charge is 2.26. The Morgan fingerprint density at radius 3 is 2.27 bits per heavy atom. The van der Waals surface area contributed by atoms with E-state index in [-0.39, 0.29) is 11.9 Å². The molecule has 1 aliphatic rings. The van der Waals surface area contributed by atoms with Crippen molar-refractivity contribution in [1.82, 2.24) is 9.62 Å². The van der Waals surface area contributed by atoms with Gasteiger partial charge in [0.1, 0.15) is 0 Å². The highest BCUT2D eigenvalue weighted by atomic mass is 32.2. The summed E-state index contributed by atoms with van der Waals surface area (Å²) in [6.07, 6.45) is 5.00. The highest BCUT2D eigenvalue weighted by molar-refractivity contribution is 7.89. The van der Waals surface area contributed by atoms with E-state index in [4.69, 9.17) is 0 Å². The fourth-order valence-corrected chi connectivity index (χ4v) is 4.68. The Morgan fingerprint density at radius 2 is 1.69 bits per heavy atom. The number of nitrogens with one attached hydrogen (secondary N) is 1. The molecular weight excluding hydrogens is 348 g/mol. The molecule has 146 valence electrons. The predicted molar refractivity (Wildman–Crippen MR) is 104 cm³/mol. The molecule has 1 amide bonds. The van der Waals surface area contributed by atoms with Gasteiger partial charge in [-0.3, -0.25) is 4.79 Å². The maximum atomic E-state index is 12.5. The van der Waals surface area contributed by atoms with Gasteiger partial charge in [-0.1, -0.05) is 26.0 Å². The zero-order valence-corrected chi connectivity index (χ0v) is 17.0. The predicted octanol–water partition coefficient (Wildman–Crippen LogP) is 3.34. The van der Waals surface area contributed by atoms with Crippen molar-refractivity contribution in [2.75, 3.05) is 13.1 Å². The van der Waals surface area contributed by atoms with Crippen LogP contribution in [0, 0.1) is 5.92 Å². The number of sulfonamides is 1. The summed E-state index contributed by atoms with van der Waals surface area (Å²) < 4.78 is 26.6. The largest absolute Gasteiger partial charge is 0.354 e. The first-order valence-electron chi connectivity index (χ1n) is 9.67. The Morgan fingerprint density at radius 1 is 1.08 bits per heavy atom. The van der Waals surface area contributed by atoms with Gasteiger partial charge in [0, 0.05) is 25.6 Å². The molecular formula is C20H32N2O3S. The van der Waals surface area contributed by atoms with E-state index in [1.54, 1.807) is 16.4 Å². The van der Waals surface area contributed by atoms with Gasteiger partial charge in [0.15, 0.2) is 0 Å². The number of hydrogen-bond acceptors (Lipinski definition) is 3. The van der Waals surface area contributed by atoms with Crippen LogP contribution in [0.3, 0.4) is 0 Å². The maximum absolute atomic E-state index is 12.5. The summed E-state index contributed by atoms with van der Waals surface area (Å²) in [6, 6.07) is 7.15. The quantitative estimate of drug-likeness (QED) is 0.714. The molecule has 1 atom stereocenters. The summed E-state index contributed by atoms with van der Waals surface area (Å²) >= 11 is 0. The molecule has 1 aromatic carbocycles. The van der Waals surface area contributed by atoms with E-state index in [1.165, 1.54) is 0 Å². The van der Waals surface area contributed by atoms with Crippen molar-refractivity contribution < 1.29 is 13.2 Å². The first-order chi connectivity index (χ1) is 12.3. The number of carbonyl (C=O) groups is 1. The standard InChI is InChI=1S/C20H32N2O3S/c1-16(2)6-7-17(3)21-20(23)13-10-18-8-11-19(12-9-18)26(24,25)22-14-4-5-15-22/h8-9,11-12,16-17H,4-7,10,13-15H2,1-3H3,(H,21,23)/t17-/m1/s1. The minimum atomic E-state index is -3.36. The van der Waals surface area contributed by atoms with E-state index in [0.29, 0.717) is 36.7 Å². The Bertz CT molecular complexity index is 678. The Kier molecular flexibility index (Phi) is 7.65. The Balaban J connectivity index is 1.82. The van der Waals surface area contributed by atoms with Crippen molar-refractivity contribution in [1.29, 1.82) is 0 Å². The third kappa shape index (κ3) is 6.09. The average Bonchev–Trinajstić information content (AvgIpc) is 3.14. The highest BCUT2D eigenvalue weighted by Crippen LogP contribution is 2.21. The number of carbonyl (C=O) groups excluding carboxylic acids is 1. The first kappa shape index (κ1) is 20.9. The van der Waals surface area contributed by atoms with Crippen LogP contribution in [-0.2, 0) is 21.2 Å². The first-order valence-corrected chi connectivity index (χ1v) is 11.1. The van der Waals surface area contributed by atoms with Gasteiger partial charge in [-0.05, 0) is 62.6 Å². The van der Waals surface area contributed by atoms with Crippen LogP contribution >= 0.6 is 0 Å². The zero-order valence-electron chi connectivity index (χ0n) is 16.2. The molecule has 0 saturated carbocycles.